The average Bonchev–Trinajstić information content (AvgIpc) is 3.01. The Bertz CT molecular complexity index is 809. The van der Waals surface area contributed by atoms with Crippen LogP contribution >= 0.6 is 11.3 Å². The molecule has 0 aliphatic heterocycles. The van der Waals surface area contributed by atoms with Crippen molar-refractivity contribution in [3.63, 3.8) is 0 Å². The van der Waals surface area contributed by atoms with Crippen LogP contribution < -0.4 is 5.56 Å². The minimum absolute atomic E-state index is 0.121. The Morgan fingerprint density at radius 1 is 1.35 bits per heavy atom. The molecule has 7 nitrogen and oxygen atoms in total. The van der Waals surface area contributed by atoms with Crippen LogP contribution in [0.4, 0.5) is 0 Å². The van der Waals surface area contributed by atoms with Crippen LogP contribution in [0.5, 0.6) is 0 Å². The van der Waals surface area contributed by atoms with E-state index in [1.165, 1.54) is 20.8 Å². The first kappa shape index (κ1) is 12.9. The molecule has 0 amide bonds. The Labute approximate surface area is 118 Å². The summed E-state index contributed by atoms with van der Waals surface area (Å²) in [7, 11) is 0. The highest BCUT2D eigenvalue weighted by Gasteiger charge is 2.17. The van der Waals surface area contributed by atoms with E-state index in [1.807, 2.05) is 32.2 Å². The maximum Gasteiger partial charge on any atom is 0.285 e. The van der Waals surface area contributed by atoms with Crippen LogP contribution in [0.1, 0.15) is 26.6 Å². The zero-order chi connectivity index (χ0) is 14.3. The lowest BCUT2D eigenvalue weighted by molar-refractivity contribution is 0.305. The number of hydrogen-bond acceptors (Lipinski definition) is 6. The Morgan fingerprint density at radius 3 is 2.85 bits per heavy atom. The monoisotopic (exact) mass is 290 g/mol. The molecule has 0 unspecified atom stereocenters. The van der Waals surface area contributed by atoms with Crippen molar-refractivity contribution < 1.29 is 0 Å². The summed E-state index contributed by atoms with van der Waals surface area (Å²) in [5.74, 6) is 0.477. The van der Waals surface area contributed by atoms with Crippen LogP contribution in [-0.2, 0) is 12.1 Å². The summed E-state index contributed by atoms with van der Waals surface area (Å²) in [5.41, 5.74) is -0.356. The predicted molar refractivity (Wildman–Crippen MR) is 75.8 cm³/mol. The van der Waals surface area contributed by atoms with E-state index < -0.39 is 0 Å². The molecule has 20 heavy (non-hydrogen) atoms. The first-order valence-corrected chi connectivity index (χ1v) is 7.06. The second-order valence-corrected chi connectivity index (χ2v) is 6.39. The second kappa shape index (κ2) is 4.48. The minimum Gasteiger partial charge on any atom is -0.266 e. The molecular weight excluding hydrogens is 276 g/mol. The maximum atomic E-state index is 12.2. The number of thiophene rings is 1. The van der Waals surface area contributed by atoms with Crippen LogP contribution in [0.3, 0.4) is 0 Å². The quantitative estimate of drug-likeness (QED) is 0.709. The van der Waals surface area contributed by atoms with Gasteiger partial charge in [0.05, 0.1) is 11.7 Å². The summed E-state index contributed by atoms with van der Waals surface area (Å²) >= 11 is 1.41. The molecule has 3 aromatic rings. The van der Waals surface area contributed by atoms with Crippen molar-refractivity contribution in [3.8, 4) is 0 Å². The summed E-state index contributed by atoms with van der Waals surface area (Å²) in [6, 6.07) is 1.88. The van der Waals surface area contributed by atoms with Gasteiger partial charge in [-0.05, 0) is 37.4 Å². The molecule has 0 N–H and O–H groups in total. The summed E-state index contributed by atoms with van der Waals surface area (Å²) < 4.78 is 2.06. The standard InChI is InChI=1S/C12H14N6OS/c1-12(2,3)18-15-9(14-16-18)7-17-11(19)10-8(6-13-17)4-5-20-10/h4-6H,7H2,1-3H3. The Kier molecular flexibility index (Phi) is 2.89. The number of rotatable bonds is 2. The third kappa shape index (κ3) is 2.22. The minimum atomic E-state index is -0.235. The average molecular weight is 290 g/mol. The lowest BCUT2D eigenvalue weighted by Crippen LogP contribution is -2.25. The summed E-state index contributed by atoms with van der Waals surface area (Å²) in [4.78, 5) is 13.8. The van der Waals surface area contributed by atoms with Gasteiger partial charge in [0.2, 0.25) is 0 Å². The van der Waals surface area contributed by atoms with Crippen LogP contribution in [0.2, 0.25) is 0 Å². The van der Waals surface area contributed by atoms with Gasteiger partial charge >= 0.3 is 0 Å². The molecule has 3 aromatic heterocycles. The van der Waals surface area contributed by atoms with Gasteiger partial charge in [-0.2, -0.15) is 9.90 Å². The normalized spacial score (nSPS) is 12.2. The van der Waals surface area contributed by atoms with Gasteiger partial charge in [0.25, 0.3) is 5.56 Å². The molecule has 0 aliphatic carbocycles. The van der Waals surface area contributed by atoms with Crippen molar-refractivity contribution in [3.05, 3.63) is 33.8 Å². The molecule has 0 saturated heterocycles. The number of fused-ring (bicyclic) bond motifs is 1. The van der Waals surface area contributed by atoms with E-state index in [0.29, 0.717) is 10.5 Å². The molecule has 0 fully saturated rings. The van der Waals surface area contributed by atoms with E-state index in [9.17, 15) is 4.79 Å². The third-order valence-corrected chi connectivity index (χ3v) is 3.72. The second-order valence-electron chi connectivity index (χ2n) is 5.48. The van der Waals surface area contributed by atoms with E-state index >= 15 is 0 Å². The van der Waals surface area contributed by atoms with Crippen LogP contribution in [0, 0.1) is 0 Å². The number of nitrogens with zero attached hydrogens (tertiary/aromatic N) is 6. The van der Waals surface area contributed by atoms with E-state index in [1.54, 1.807) is 6.20 Å². The van der Waals surface area contributed by atoms with Crippen LogP contribution in [0.25, 0.3) is 10.1 Å². The molecular formula is C12H14N6OS. The molecule has 104 valence electrons. The molecule has 3 rings (SSSR count). The van der Waals surface area contributed by atoms with Gasteiger partial charge in [0, 0.05) is 5.39 Å². The topological polar surface area (TPSA) is 78.5 Å². The van der Waals surface area contributed by atoms with Crippen LogP contribution in [0.15, 0.2) is 22.4 Å². The zero-order valence-electron chi connectivity index (χ0n) is 11.4. The lowest BCUT2D eigenvalue weighted by atomic mass is 10.1. The smallest absolute Gasteiger partial charge is 0.266 e. The van der Waals surface area contributed by atoms with Gasteiger partial charge in [-0.1, -0.05) is 0 Å². The first-order valence-electron chi connectivity index (χ1n) is 6.18. The lowest BCUT2D eigenvalue weighted by Gasteiger charge is -2.15. The highest BCUT2D eigenvalue weighted by Crippen LogP contribution is 2.14. The van der Waals surface area contributed by atoms with Gasteiger partial charge in [-0.25, -0.2) is 4.68 Å². The van der Waals surface area contributed by atoms with Crippen molar-refractivity contribution in [1.29, 1.82) is 0 Å². The van der Waals surface area contributed by atoms with Gasteiger partial charge < -0.3 is 0 Å². The van der Waals surface area contributed by atoms with E-state index in [-0.39, 0.29) is 17.6 Å². The van der Waals surface area contributed by atoms with Gasteiger partial charge in [0.1, 0.15) is 11.2 Å². The summed E-state index contributed by atoms with van der Waals surface area (Å²) in [6.45, 7) is 6.19. The highest BCUT2D eigenvalue weighted by molar-refractivity contribution is 7.17. The molecule has 3 heterocycles. The molecule has 0 radical (unpaired) electrons. The van der Waals surface area contributed by atoms with Crippen molar-refractivity contribution in [1.82, 2.24) is 30.0 Å². The molecule has 0 atom stereocenters. The van der Waals surface area contributed by atoms with Gasteiger partial charge in [-0.3, -0.25) is 4.79 Å². The fraction of sp³-hybridized carbons (Fsp3) is 0.417. The zero-order valence-corrected chi connectivity index (χ0v) is 12.3. The van der Waals surface area contributed by atoms with E-state index in [0.717, 1.165) is 5.39 Å². The van der Waals surface area contributed by atoms with E-state index in [4.69, 9.17) is 0 Å². The van der Waals surface area contributed by atoms with Crippen molar-refractivity contribution in [2.75, 3.05) is 0 Å². The molecule has 0 spiro atoms. The molecule has 0 aromatic carbocycles. The predicted octanol–water partition coefficient (Wildman–Crippen LogP) is 1.25. The maximum absolute atomic E-state index is 12.2. The SMILES string of the molecule is CC(C)(C)n1nnc(Cn2ncc3ccsc3c2=O)n1. The molecule has 0 bridgehead atoms. The highest BCUT2D eigenvalue weighted by atomic mass is 32.1. The fourth-order valence-corrected chi connectivity index (χ4v) is 2.55. The third-order valence-electron chi connectivity index (χ3n) is 2.81. The summed E-state index contributed by atoms with van der Waals surface area (Å²) in [6.07, 6.45) is 1.68. The largest absolute Gasteiger partial charge is 0.285 e. The van der Waals surface area contributed by atoms with E-state index in [2.05, 4.69) is 20.5 Å². The van der Waals surface area contributed by atoms with Crippen molar-refractivity contribution in [2.24, 2.45) is 0 Å². The Balaban J connectivity index is 1.95. The number of tetrazole rings is 1. The van der Waals surface area contributed by atoms with Crippen LogP contribution in [-0.4, -0.2) is 30.0 Å². The fourth-order valence-electron chi connectivity index (χ4n) is 1.73. The molecule has 8 heteroatoms. The van der Waals surface area contributed by atoms with Gasteiger partial charge in [0.15, 0.2) is 5.82 Å². The van der Waals surface area contributed by atoms with Gasteiger partial charge in [-0.15, -0.1) is 21.5 Å². The first-order chi connectivity index (χ1) is 9.45. The number of hydrogen-bond donors (Lipinski definition) is 0. The Morgan fingerprint density at radius 2 is 2.15 bits per heavy atom. The molecule has 0 aliphatic rings. The van der Waals surface area contributed by atoms with Crippen molar-refractivity contribution >= 4 is 21.4 Å². The van der Waals surface area contributed by atoms with Crippen molar-refractivity contribution in [2.45, 2.75) is 32.9 Å². The summed E-state index contributed by atoms with van der Waals surface area (Å²) in [5, 5.41) is 19.1. The number of aromatic nitrogens is 6. The molecule has 0 saturated carbocycles. The Hall–Kier alpha value is -2.09.